The van der Waals surface area contributed by atoms with Crippen molar-refractivity contribution in [1.82, 2.24) is 9.80 Å². The molecule has 27 heavy (non-hydrogen) atoms. The van der Waals surface area contributed by atoms with E-state index in [1.807, 2.05) is 0 Å². The number of anilines is 1. The molecule has 144 valence electrons. The van der Waals surface area contributed by atoms with E-state index < -0.39 is 0 Å². The van der Waals surface area contributed by atoms with Gasteiger partial charge in [-0.3, -0.25) is 9.80 Å². The summed E-state index contributed by atoms with van der Waals surface area (Å²) in [5.74, 6) is 0. The first-order chi connectivity index (χ1) is 13.2. The molecule has 0 atom stereocenters. The summed E-state index contributed by atoms with van der Waals surface area (Å²) in [6.45, 7) is 12.7. The van der Waals surface area contributed by atoms with Crippen molar-refractivity contribution in [2.45, 2.75) is 45.8 Å². The fourth-order valence-corrected chi connectivity index (χ4v) is 4.48. The fourth-order valence-electron chi connectivity index (χ4n) is 4.48. The van der Waals surface area contributed by atoms with Gasteiger partial charge < -0.3 is 4.90 Å². The maximum absolute atomic E-state index is 2.61. The van der Waals surface area contributed by atoms with Gasteiger partial charge in [-0.1, -0.05) is 36.4 Å². The van der Waals surface area contributed by atoms with Gasteiger partial charge in [0.25, 0.3) is 0 Å². The molecule has 1 saturated heterocycles. The third kappa shape index (κ3) is 4.53. The van der Waals surface area contributed by atoms with Gasteiger partial charge in [0.2, 0.25) is 0 Å². The molecular weight excluding hydrogens is 330 g/mol. The van der Waals surface area contributed by atoms with Crippen LogP contribution in [0.3, 0.4) is 0 Å². The molecule has 0 N–H and O–H groups in total. The van der Waals surface area contributed by atoms with Gasteiger partial charge in [-0.2, -0.15) is 0 Å². The summed E-state index contributed by atoms with van der Waals surface area (Å²) in [6, 6.07) is 18.7. The van der Waals surface area contributed by atoms with Gasteiger partial charge in [-0.05, 0) is 55.5 Å². The van der Waals surface area contributed by atoms with Crippen LogP contribution in [0.15, 0.2) is 48.5 Å². The number of hydrogen-bond acceptors (Lipinski definition) is 3. The Morgan fingerprint density at radius 2 is 1.70 bits per heavy atom. The van der Waals surface area contributed by atoms with Crippen LogP contribution in [0.2, 0.25) is 0 Å². The van der Waals surface area contributed by atoms with Gasteiger partial charge in [0.15, 0.2) is 0 Å². The van der Waals surface area contributed by atoms with Gasteiger partial charge in [0.1, 0.15) is 0 Å². The van der Waals surface area contributed by atoms with Gasteiger partial charge in [-0.25, -0.2) is 0 Å². The van der Waals surface area contributed by atoms with E-state index >= 15 is 0 Å². The van der Waals surface area contributed by atoms with Crippen LogP contribution in [0.5, 0.6) is 0 Å². The molecule has 2 aliphatic heterocycles. The lowest BCUT2D eigenvalue weighted by atomic mass is 9.98. The number of fused-ring (bicyclic) bond motifs is 1. The van der Waals surface area contributed by atoms with Crippen molar-refractivity contribution < 1.29 is 0 Å². The third-order valence-electron chi connectivity index (χ3n) is 6.16. The van der Waals surface area contributed by atoms with E-state index in [0.29, 0.717) is 6.04 Å². The molecule has 0 aliphatic carbocycles. The molecule has 0 unspecified atom stereocenters. The molecule has 0 bridgehead atoms. The smallest absolute Gasteiger partial charge is 0.0369 e. The van der Waals surface area contributed by atoms with Crippen LogP contribution in [0.1, 0.15) is 37.0 Å². The zero-order chi connectivity index (χ0) is 18.6. The van der Waals surface area contributed by atoms with Crippen molar-refractivity contribution in [3.63, 3.8) is 0 Å². The molecule has 4 rings (SSSR count). The zero-order valence-electron chi connectivity index (χ0n) is 16.9. The van der Waals surface area contributed by atoms with Crippen molar-refractivity contribution in [3.8, 4) is 0 Å². The first kappa shape index (κ1) is 18.5. The van der Waals surface area contributed by atoms with Crippen molar-refractivity contribution in [2.24, 2.45) is 0 Å². The fraction of sp³-hybridized carbons (Fsp3) is 0.500. The highest BCUT2D eigenvalue weighted by atomic mass is 15.2. The van der Waals surface area contributed by atoms with Gasteiger partial charge in [0.05, 0.1) is 0 Å². The summed E-state index contributed by atoms with van der Waals surface area (Å²) in [6.07, 6.45) is 2.43. The average molecular weight is 364 g/mol. The van der Waals surface area contributed by atoms with E-state index in [1.165, 1.54) is 49.3 Å². The quantitative estimate of drug-likeness (QED) is 0.807. The number of rotatable bonds is 4. The Balaban J connectivity index is 1.41. The molecule has 2 aromatic carbocycles. The van der Waals surface area contributed by atoms with Crippen molar-refractivity contribution in [2.75, 3.05) is 37.6 Å². The van der Waals surface area contributed by atoms with Gasteiger partial charge in [-0.15, -0.1) is 0 Å². The van der Waals surface area contributed by atoms with Gasteiger partial charge >= 0.3 is 0 Å². The molecule has 1 fully saturated rings. The highest BCUT2D eigenvalue weighted by Crippen LogP contribution is 2.26. The van der Waals surface area contributed by atoms with E-state index in [1.54, 1.807) is 5.56 Å². The molecule has 0 radical (unpaired) electrons. The normalized spacial score (nSPS) is 19.1. The van der Waals surface area contributed by atoms with Crippen molar-refractivity contribution >= 4 is 5.69 Å². The first-order valence-electron chi connectivity index (χ1n) is 10.6. The topological polar surface area (TPSA) is 9.72 Å². The monoisotopic (exact) mass is 363 g/mol. The summed E-state index contributed by atoms with van der Waals surface area (Å²) in [7, 11) is 0. The van der Waals surface area contributed by atoms with E-state index in [2.05, 4.69) is 77.1 Å². The highest BCUT2D eigenvalue weighted by molar-refractivity contribution is 5.52. The molecule has 0 aromatic heterocycles. The molecule has 3 nitrogen and oxygen atoms in total. The van der Waals surface area contributed by atoms with Crippen molar-refractivity contribution in [1.29, 1.82) is 0 Å². The number of nitrogens with zero attached hydrogens (tertiary/aromatic N) is 3. The summed E-state index contributed by atoms with van der Waals surface area (Å²) < 4.78 is 0. The Labute approximate surface area is 164 Å². The maximum atomic E-state index is 2.61. The SMILES string of the molecule is CC(C)N1CCCN(c2ccc3c(c2)CCN(Cc2ccccc2)C3)CC1. The van der Waals surface area contributed by atoms with E-state index in [4.69, 9.17) is 0 Å². The summed E-state index contributed by atoms with van der Waals surface area (Å²) in [4.78, 5) is 7.78. The molecule has 0 spiro atoms. The van der Waals surface area contributed by atoms with Crippen LogP contribution < -0.4 is 4.90 Å². The third-order valence-corrected chi connectivity index (χ3v) is 6.16. The predicted octanol–water partition coefficient (Wildman–Crippen LogP) is 4.17. The second-order valence-electron chi connectivity index (χ2n) is 8.37. The minimum Gasteiger partial charge on any atom is -0.370 e. The van der Waals surface area contributed by atoms with Crippen LogP contribution in [0, 0.1) is 0 Å². The summed E-state index contributed by atoms with van der Waals surface area (Å²) in [5, 5.41) is 0. The van der Waals surface area contributed by atoms with E-state index in [-0.39, 0.29) is 0 Å². The molecule has 2 aromatic rings. The van der Waals surface area contributed by atoms with Crippen LogP contribution in [0.25, 0.3) is 0 Å². The van der Waals surface area contributed by atoms with Crippen LogP contribution in [0.4, 0.5) is 5.69 Å². The standard InChI is InChI=1S/C24H33N3/c1-20(2)26-12-6-13-27(16-15-26)24-10-9-23-19-25(14-11-22(23)17-24)18-21-7-4-3-5-8-21/h3-5,7-10,17,20H,6,11-16,18-19H2,1-2H3. The van der Waals surface area contributed by atoms with E-state index in [9.17, 15) is 0 Å². The maximum Gasteiger partial charge on any atom is 0.0369 e. The molecular formula is C24H33N3. The lowest BCUT2D eigenvalue weighted by Gasteiger charge is -2.31. The summed E-state index contributed by atoms with van der Waals surface area (Å²) >= 11 is 0. The second-order valence-corrected chi connectivity index (χ2v) is 8.37. The predicted molar refractivity (Wildman–Crippen MR) is 114 cm³/mol. The Hall–Kier alpha value is -1.84. The molecule has 0 amide bonds. The van der Waals surface area contributed by atoms with Crippen LogP contribution >= 0.6 is 0 Å². The lowest BCUT2D eigenvalue weighted by molar-refractivity contribution is 0.238. The van der Waals surface area contributed by atoms with E-state index in [0.717, 1.165) is 26.2 Å². The highest BCUT2D eigenvalue weighted by Gasteiger charge is 2.20. The zero-order valence-corrected chi connectivity index (χ0v) is 16.9. The Kier molecular flexibility index (Phi) is 5.80. The molecule has 0 saturated carbocycles. The minimum atomic E-state index is 0.657. The van der Waals surface area contributed by atoms with Crippen molar-refractivity contribution in [3.05, 3.63) is 65.2 Å². The van der Waals surface area contributed by atoms with Crippen LogP contribution in [-0.2, 0) is 19.5 Å². The molecule has 2 aliphatic rings. The molecule has 2 heterocycles. The summed E-state index contributed by atoms with van der Waals surface area (Å²) in [5.41, 5.74) is 5.91. The number of benzene rings is 2. The second kappa shape index (κ2) is 8.45. The van der Waals surface area contributed by atoms with Crippen LogP contribution in [-0.4, -0.2) is 48.6 Å². The average Bonchev–Trinajstić information content (AvgIpc) is 2.95. The Morgan fingerprint density at radius 3 is 2.52 bits per heavy atom. The lowest BCUT2D eigenvalue weighted by Crippen LogP contribution is -2.35. The van der Waals surface area contributed by atoms with Gasteiger partial charge in [0, 0.05) is 57.5 Å². The molecule has 3 heteroatoms. The number of hydrogen-bond donors (Lipinski definition) is 0. The first-order valence-corrected chi connectivity index (χ1v) is 10.6. The minimum absolute atomic E-state index is 0.657. The Bertz CT molecular complexity index is 741. The largest absolute Gasteiger partial charge is 0.370 e. The Morgan fingerprint density at radius 1 is 0.852 bits per heavy atom.